The van der Waals surface area contributed by atoms with Crippen LogP contribution in [0.25, 0.3) is 22.6 Å². The van der Waals surface area contributed by atoms with Crippen molar-refractivity contribution in [2.75, 3.05) is 11.9 Å². The molecular formula is C20H14N4O7. The fraction of sp³-hybridized carbons (Fsp3) is 0.100. The first-order chi connectivity index (χ1) is 14.9. The second-order valence-corrected chi connectivity index (χ2v) is 6.41. The van der Waals surface area contributed by atoms with E-state index < -0.39 is 23.4 Å². The van der Waals surface area contributed by atoms with Gasteiger partial charge in [0.05, 0.1) is 27.8 Å². The van der Waals surface area contributed by atoms with Gasteiger partial charge in [-0.25, -0.2) is 9.78 Å². The van der Waals surface area contributed by atoms with Gasteiger partial charge in [-0.2, -0.15) is 0 Å². The molecule has 1 aromatic carbocycles. The van der Waals surface area contributed by atoms with Gasteiger partial charge < -0.3 is 19.0 Å². The van der Waals surface area contributed by atoms with Gasteiger partial charge in [-0.05, 0) is 37.3 Å². The lowest BCUT2D eigenvalue weighted by atomic mass is 10.1. The van der Waals surface area contributed by atoms with Gasteiger partial charge in [0.1, 0.15) is 5.69 Å². The van der Waals surface area contributed by atoms with Crippen molar-refractivity contribution < 1.29 is 28.2 Å². The lowest BCUT2D eigenvalue weighted by molar-refractivity contribution is -0.384. The monoisotopic (exact) mass is 422 g/mol. The van der Waals surface area contributed by atoms with Crippen LogP contribution in [0.5, 0.6) is 0 Å². The first kappa shape index (κ1) is 19.8. The summed E-state index contributed by atoms with van der Waals surface area (Å²) in [6.45, 7) is 1.08. The molecule has 1 amide bonds. The minimum Gasteiger partial charge on any atom is -0.463 e. The maximum atomic E-state index is 12.7. The predicted octanol–water partition coefficient (Wildman–Crippen LogP) is 3.49. The van der Waals surface area contributed by atoms with Crippen molar-refractivity contribution in [3.8, 4) is 11.5 Å². The highest BCUT2D eigenvalue weighted by atomic mass is 16.6. The molecule has 0 radical (unpaired) electrons. The van der Waals surface area contributed by atoms with E-state index in [2.05, 4.69) is 15.5 Å². The van der Waals surface area contributed by atoms with Crippen LogP contribution in [0, 0.1) is 17.0 Å². The number of nitrogens with zero attached hydrogens (tertiary/aromatic N) is 3. The number of nitro groups is 1. The first-order valence-electron chi connectivity index (χ1n) is 8.94. The Hall–Kier alpha value is -4.54. The van der Waals surface area contributed by atoms with Gasteiger partial charge in [0.2, 0.25) is 0 Å². The number of ether oxygens (including phenoxy) is 1. The maximum absolute atomic E-state index is 12.7. The Morgan fingerprint density at radius 3 is 2.68 bits per heavy atom. The summed E-state index contributed by atoms with van der Waals surface area (Å²) in [6.07, 6.45) is 1.47. The number of furan rings is 1. The average molecular weight is 422 g/mol. The smallest absolute Gasteiger partial charge is 0.339 e. The number of rotatable bonds is 6. The summed E-state index contributed by atoms with van der Waals surface area (Å²) < 4.78 is 15.6. The minimum absolute atomic E-state index is 0.109. The molecule has 4 aromatic rings. The van der Waals surface area contributed by atoms with E-state index in [1.807, 2.05) is 0 Å². The van der Waals surface area contributed by atoms with E-state index in [0.717, 1.165) is 0 Å². The molecule has 3 aromatic heterocycles. The third kappa shape index (κ3) is 4.10. The van der Waals surface area contributed by atoms with Crippen LogP contribution in [0.15, 0.2) is 57.7 Å². The summed E-state index contributed by atoms with van der Waals surface area (Å²) in [5.41, 5.74) is 1.26. The SMILES string of the molecule is Cc1noc2nc(-c3ccco3)cc(C(=O)OCC(=O)Nc3ccc([N+](=O)[O-])cc3)c12. The molecule has 0 saturated carbocycles. The van der Waals surface area contributed by atoms with Crippen LogP contribution >= 0.6 is 0 Å². The Morgan fingerprint density at radius 2 is 2.00 bits per heavy atom. The molecule has 0 spiro atoms. The standard InChI is InChI=1S/C20H14N4O7/c1-11-18-14(9-15(16-3-2-8-29-16)22-19(18)31-23-11)20(26)30-10-17(25)21-12-4-6-13(7-5-12)24(27)28/h2-9H,10H2,1H3,(H,21,25). The van der Waals surface area contributed by atoms with E-state index in [9.17, 15) is 19.7 Å². The number of fused-ring (bicyclic) bond motifs is 1. The Kier molecular flexibility index (Phi) is 5.14. The maximum Gasteiger partial charge on any atom is 0.339 e. The normalized spacial score (nSPS) is 10.7. The quantitative estimate of drug-likeness (QED) is 0.280. The van der Waals surface area contributed by atoms with Gasteiger partial charge in [-0.1, -0.05) is 5.16 Å². The van der Waals surface area contributed by atoms with E-state index in [-0.39, 0.29) is 17.0 Å². The second kappa shape index (κ2) is 8.06. The Balaban J connectivity index is 1.49. The van der Waals surface area contributed by atoms with Gasteiger partial charge in [0, 0.05) is 17.8 Å². The third-order valence-electron chi connectivity index (χ3n) is 4.31. The van der Waals surface area contributed by atoms with Gasteiger partial charge >= 0.3 is 5.97 Å². The zero-order chi connectivity index (χ0) is 22.0. The number of esters is 1. The number of nitro benzene ring substituents is 1. The Labute approximate surface area is 173 Å². The summed E-state index contributed by atoms with van der Waals surface area (Å²) in [6, 6.07) is 10.1. The van der Waals surface area contributed by atoms with E-state index in [0.29, 0.717) is 28.2 Å². The highest BCUT2D eigenvalue weighted by molar-refractivity contribution is 6.05. The van der Waals surface area contributed by atoms with Crippen LogP contribution in [-0.2, 0) is 9.53 Å². The van der Waals surface area contributed by atoms with Crippen molar-refractivity contribution in [2.24, 2.45) is 0 Å². The predicted molar refractivity (Wildman–Crippen MR) is 106 cm³/mol. The molecule has 0 aliphatic heterocycles. The van der Waals surface area contributed by atoms with Crippen LogP contribution in [-0.4, -0.2) is 33.5 Å². The summed E-state index contributed by atoms with van der Waals surface area (Å²) >= 11 is 0. The van der Waals surface area contributed by atoms with E-state index in [4.69, 9.17) is 13.7 Å². The van der Waals surface area contributed by atoms with Crippen molar-refractivity contribution in [1.82, 2.24) is 10.1 Å². The average Bonchev–Trinajstić information content (AvgIpc) is 3.42. The second-order valence-electron chi connectivity index (χ2n) is 6.41. The number of carbonyl (C=O) groups is 2. The molecule has 156 valence electrons. The zero-order valence-corrected chi connectivity index (χ0v) is 16.0. The lowest BCUT2D eigenvalue weighted by Gasteiger charge is -2.08. The summed E-state index contributed by atoms with van der Waals surface area (Å²) in [5, 5.41) is 17.4. The molecular weight excluding hydrogens is 408 g/mol. The highest BCUT2D eigenvalue weighted by Crippen LogP contribution is 2.27. The summed E-state index contributed by atoms with van der Waals surface area (Å²) in [4.78, 5) is 39.3. The molecule has 4 rings (SSSR count). The van der Waals surface area contributed by atoms with Crippen molar-refractivity contribution >= 4 is 34.4 Å². The van der Waals surface area contributed by atoms with Crippen LogP contribution in [0.2, 0.25) is 0 Å². The van der Waals surface area contributed by atoms with Crippen molar-refractivity contribution in [1.29, 1.82) is 0 Å². The van der Waals surface area contributed by atoms with Crippen LogP contribution in [0.1, 0.15) is 16.1 Å². The number of pyridine rings is 1. The molecule has 0 fully saturated rings. The first-order valence-corrected chi connectivity index (χ1v) is 8.94. The molecule has 1 N–H and O–H groups in total. The van der Waals surface area contributed by atoms with Gasteiger partial charge in [0.25, 0.3) is 17.3 Å². The van der Waals surface area contributed by atoms with E-state index >= 15 is 0 Å². The largest absolute Gasteiger partial charge is 0.463 e. The number of aromatic nitrogens is 2. The molecule has 0 bridgehead atoms. The number of hydrogen-bond acceptors (Lipinski definition) is 9. The summed E-state index contributed by atoms with van der Waals surface area (Å²) in [7, 11) is 0. The van der Waals surface area contributed by atoms with Gasteiger partial charge in [-0.15, -0.1) is 0 Å². The van der Waals surface area contributed by atoms with Gasteiger partial charge in [-0.3, -0.25) is 14.9 Å². The van der Waals surface area contributed by atoms with Crippen molar-refractivity contribution in [3.63, 3.8) is 0 Å². The molecule has 0 aliphatic carbocycles. The number of carbonyl (C=O) groups excluding carboxylic acids is 2. The van der Waals surface area contributed by atoms with Crippen LogP contribution in [0.3, 0.4) is 0 Å². The van der Waals surface area contributed by atoms with E-state index in [1.54, 1.807) is 19.1 Å². The molecule has 0 saturated heterocycles. The number of amides is 1. The number of anilines is 1. The van der Waals surface area contributed by atoms with E-state index in [1.165, 1.54) is 36.6 Å². The number of nitrogens with one attached hydrogen (secondary N) is 1. The number of aryl methyl sites for hydroxylation is 1. The van der Waals surface area contributed by atoms with Crippen molar-refractivity contribution in [2.45, 2.75) is 6.92 Å². The fourth-order valence-electron chi connectivity index (χ4n) is 2.88. The Morgan fingerprint density at radius 1 is 1.23 bits per heavy atom. The molecule has 0 atom stereocenters. The Bertz CT molecular complexity index is 1280. The van der Waals surface area contributed by atoms with Gasteiger partial charge in [0.15, 0.2) is 12.4 Å². The third-order valence-corrected chi connectivity index (χ3v) is 4.31. The number of benzene rings is 1. The number of hydrogen-bond donors (Lipinski definition) is 1. The number of non-ortho nitro benzene ring substituents is 1. The molecule has 31 heavy (non-hydrogen) atoms. The topological polar surface area (TPSA) is 151 Å². The molecule has 0 aliphatic rings. The molecule has 3 heterocycles. The summed E-state index contributed by atoms with van der Waals surface area (Å²) in [5.74, 6) is -0.966. The fourth-order valence-corrected chi connectivity index (χ4v) is 2.88. The lowest BCUT2D eigenvalue weighted by Crippen LogP contribution is -2.21. The van der Waals surface area contributed by atoms with Crippen molar-refractivity contribution in [3.05, 3.63) is 70.1 Å². The molecule has 11 heteroatoms. The molecule has 11 nitrogen and oxygen atoms in total. The molecule has 0 unspecified atom stereocenters. The highest BCUT2D eigenvalue weighted by Gasteiger charge is 2.22. The van der Waals surface area contributed by atoms with Crippen LogP contribution < -0.4 is 5.32 Å². The minimum atomic E-state index is -0.773. The van der Waals surface area contributed by atoms with Crippen LogP contribution in [0.4, 0.5) is 11.4 Å². The zero-order valence-electron chi connectivity index (χ0n) is 16.0.